The summed E-state index contributed by atoms with van der Waals surface area (Å²) in [5.74, 6) is 4.97. The second-order valence-electron chi connectivity index (χ2n) is 26.1. The summed E-state index contributed by atoms with van der Waals surface area (Å²) in [5, 5.41) is 0. The normalized spacial score (nSPS) is 15.6. The van der Waals surface area contributed by atoms with Crippen molar-refractivity contribution in [1.29, 1.82) is 0 Å². The molecule has 0 radical (unpaired) electrons. The van der Waals surface area contributed by atoms with Crippen molar-refractivity contribution >= 4 is 34.1 Å². The summed E-state index contributed by atoms with van der Waals surface area (Å²) in [4.78, 5) is 4.77. The van der Waals surface area contributed by atoms with E-state index in [4.69, 9.17) is 18.9 Å². The maximum atomic E-state index is 6.55. The van der Waals surface area contributed by atoms with E-state index in [0.717, 1.165) is 128 Å². The van der Waals surface area contributed by atoms with Crippen LogP contribution in [0.3, 0.4) is 0 Å². The first-order chi connectivity index (χ1) is 48.4. The molecule has 2 atom stereocenters. The third-order valence-corrected chi connectivity index (χ3v) is 21.0. The Hall–Kier alpha value is -12.1. The molecular formula is C92H68N2O4. The Kier molecular flexibility index (Phi) is 14.3. The highest BCUT2D eigenvalue weighted by Crippen LogP contribution is 2.60. The van der Waals surface area contributed by atoms with Gasteiger partial charge in [-0.25, -0.2) is 0 Å². The lowest BCUT2D eigenvalue weighted by atomic mass is 9.67. The number of para-hydroxylation sites is 2. The summed E-state index contributed by atoms with van der Waals surface area (Å²) >= 11 is 0. The van der Waals surface area contributed by atoms with Crippen LogP contribution in [-0.4, -0.2) is 14.2 Å². The average Bonchev–Trinajstić information content (AvgIpc) is 1.53. The number of benzene rings is 14. The third kappa shape index (κ3) is 9.69. The molecule has 0 aliphatic heterocycles. The van der Waals surface area contributed by atoms with Gasteiger partial charge in [0.2, 0.25) is 0 Å². The first kappa shape index (κ1) is 58.5. The fraction of sp³-hybridized carbons (Fsp3) is 0.0870. The number of hydrogen-bond donors (Lipinski definition) is 0. The van der Waals surface area contributed by atoms with Crippen molar-refractivity contribution in [3.8, 4) is 67.9 Å². The van der Waals surface area contributed by atoms with Crippen molar-refractivity contribution in [3.63, 3.8) is 0 Å². The summed E-state index contributed by atoms with van der Waals surface area (Å²) in [6.45, 7) is 0. The van der Waals surface area contributed by atoms with E-state index >= 15 is 0 Å². The third-order valence-electron chi connectivity index (χ3n) is 21.0. The summed E-state index contributed by atoms with van der Waals surface area (Å²) in [6.07, 6.45) is 4.48. The molecule has 470 valence electrons. The van der Waals surface area contributed by atoms with Crippen molar-refractivity contribution in [3.05, 3.63) is 394 Å². The molecule has 0 aromatic heterocycles. The summed E-state index contributed by atoms with van der Waals surface area (Å²) in [6, 6.07) is 119. The highest BCUT2D eigenvalue weighted by atomic mass is 16.5. The number of methoxy groups -OCH3 is 2. The topological polar surface area (TPSA) is 43.4 Å². The summed E-state index contributed by atoms with van der Waals surface area (Å²) < 4.78 is 24.7. The maximum Gasteiger partial charge on any atom is 0.127 e. The van der Waals surface area contributed by atoms with Crippen LogP contribution in [0.5, 0.6) is 34.5 Å². The van der Waals surface area contributed by atoms with Crippen LogP contribution < -0.4 is 28.7 Å². The van der Waals surface area contributed by atoms with Gasteiger partial charge in [-0.1, -0.05) is 182 Å². The zero-order chi connectivity index (χ0) is 65.3. The molecule has 0 fully saturated rings. The first-order valence-electron chi connectivity index (χ1n) is 33.9. The molecule has 0 N–H and O–H groups in total. The lowest BCUT2D eigenvalue weighted by Gasteiger charge is -2.35. The molecule has 18 rings (SSSR count). The number of anilines is 6. The van der Waals surface area contributed by atoms with Gasteiger partial charge < -0.3 is 28.7 Å². The van der Waals surface area contributed by atoms with Crippen LogP contribution in [-0.2, 0) is 36.5 Å². The van der Waals surface area contributed by atoms with E-state index in [0.29, 0.717) is 0 Å². The molecule has 98 heavy (non-hydrogen) atoms. The molecular weight excluding hydrogens is 1200 g/mol. The largest absolute Gasteiger partial charge is 0.497 e. The molecule has 0 amide bonds. The van der Waals surface area contributed by atoms with Gasteiger partial charge in [0, 0.05) is 34.1 Å². The highest BCUT2D eigenvalue weighted by molar-refractivity contribution is 5.92. The van der Waals surface area contributed by atoms with E-state index in [1.165, 1.54) is 66.8 Å². The van der Waals surface area contributed by atoms with Gasteiger partial charge in [0.1, 0.15) is 34.5 Å². The highest BCUT2D eigenvalue weighted by Gasteiger charge is 2.48. The first-order valence-corrected chi connectivity index (χ1v) is 33.9. The minimum absolute atomic E-state index is 0.683. The summed E-state index contributed by atoms with van der Waals surface area (Å²) in [5.41, 5.74) is 27.0. The zero-order valence-corrected chi connectivity index (χ0v) is 54.5. The van der Waals surface area contributed by atoms with Crippen molar-refractivity contribution < 1.29 is 18.9 Å². The molecule has 2 unspecified atom stereocenters. The predicted octanol–water partition coefficient (Wildman–Crippen LogP) is 22.8. The number of nitrogens with zero attached hydrogens (tertiary/aromatic N) is 2. The van der Waals surface area contributed by atoms with E-state index in [-0.39, 0.29) is 0 Å². The molecule has 14 aromatic carbocycles. The Labute approximate surface area is 572 Å². The Morgan fingerprint density at radius 3 is 0.888 bits per heavy atom. The van der Waals surface area contributed by atoms with Crippen LogP contribution >= 0.6 is 0 Å². The van der Waals surface area contributed by atoms with Gasteiger partial charge in [-0.15, -0.1) is 0 Å². The number of aryl methyl sites for hydroxylation is 4. The molecule has 0 heterocycles. The van der Waals surface area contributed by atoms with Crippen molar-refractivity contribution in [1.82, 2.24) is 0 Å². The molecule has 6 heteroatoms. The van der Waals surface area contributed by atoms with Crippen LogP contribution in [0, 0.1) is 0 Å². The second-order valence-corrected chi connectivity index (χ2v) is 26.1. The Bertz CT molecular complexity index is 4990. The second kappa shape index (κ2) is 24.0. The van der Waals surface area contributed by atoms with Gasteiger partial charge in [-0.3, -0.25) is 0 Å². The predicted molar refractivity (Wildman–Crippen MR) is 397 cm³/mol. The van der Waals surface area contributed by atoms with Crippen molar-refractivity contribution in [2.45, 2.75) is 36.5 Å². The lowest BCUT2D eigenvalue weighted by molar-refractivity contribution is 0.414. The maximum absolute atomic E-state index is 6.55. The Morgan fingerprint density at radius 1 is 0.235 bits per heavy atom. The standard InChI is InChI=1S/C92H68N2O4/c1-95-77-47-31-67(32-48-77)91(69-35-51-79(52-36-69)97-81-45-29-63-21-23-65(63)57-81)87-19-11-9-17-83(87)85-55-43-75(59-89(85)91)93(71-13-5-3-6-14-71)73-39-25-61(26-40-73)62-27-41-74(42-28-62)94(72-15-7-4-8-16-72)76-44-56-86-84-18-10-12-20-88(84)92(90(86)60-76,68-33-49-78(96-2)50-34-68)70-37-53-80(54-38-70)98-82-46-30-64-22-24-66(64)58-82/h3-20,25-60H,21-24H2,1-2H3. The van der Waals surface area contributed by atoms with Gasteiger partial charge in [0.15, 0.2) is 0 Å². The van der Waals surface area contributed by atoms with Crippen LogP contribution in [0.1, 0.15) is 66.8 Å². The quantitative estimate of drug-likeness (QED) is 0.0905. The van der Waals surface area contributed by atoms with E-state index in [1.807, 2.05) is 0 Å². The molecule has 4 aliphatic rings. The fourth-order valence-electron chi connectivity index (χ4n) is 16.0. The van der Waals surface area contributed by atoms with Crippen molar-refractivity contribution in [2.75, 3.05) is 24.0 Å². The van der Waals surface area contributed by atoms with E-state index < -0.39 is 10.8 Å². The van der Waals surface area contributed by atoms with Crippen LogP contribution in [0.2, 0.25) is 0 Å². The minimum atomic E-state index is -0.683. The van der Waals surface area contributed by atoms with Gasteiger partial charge >= 0.3 is 0 Å². The summed E-state index contributed by atoms with van der Waals surface area (Å²) in [7, 11) is 3.46. The van der Waals surface area contributed by atoms with Crippen LogP contribution in [0.4, 0.5) is 34.1 Å². The molecule has 6 nitrogen and oxygen atoms in total. The van der Waals surface area contributed by atoms with Gasteiger partial charge in [0.05, 0.1) is 25.0 Å². The molecule has 0 spiro atoms. The average molecular weight is 1270 g/mol. The molecule has 4 aliphatic carbocycles. The van der Waals surface area contributed by atoms with Crippen LogP contribution in [0.15, 0.2) is 328 Å². The minimum Gasteiger partial charge on any atom is -0.497 e. The number of ether oxygens (including phenoxy) is 4. The molecule has 0 saturated carbocycles. The van der Waals surface area contributed by atoms with Gasteiger partial charge in [-0.05, 0) is 271 Å². The van der Waals surface area contributed by atoms with Gasteiger partial charge in [0.25, 0.3) is 0 Å². The SMILES string of the molecule is COc1ccc(C2(c3ccc(Oc4ccc5c(c4)CC5)cc3)c3ccccc3-c3ccc(N(c4ccccc4)c4ccc(-c5ccc(N(c6ccccc6)c6ccc7c(c6)C(c6ccc(OC)cc6)(c6ccc(Oc8ccc9c(c8)CC9)cc6)c6ccccc6-7)cc5)cc4)cc32)cc1. The molecule has 14 aromatic rings. The van der Waals surface area contributed by atoms with Crippen molar-refractivity contribution in [2.24, 2.45) is 0 Å². The molecule has 0 saturated heterocycles. The lowest BCUT2D eigenvalue weighted by Crippen LogP contribution is -2.28. The monoisotopic (exact) mass is 1260 g/mol. The molecule has 0 bridgehead atoms. The van der Waals surface area contributed by atoms with E-state index in [1.54, 1.807) is 14.2 Å². The Balaban J connectivity index is 0.700. The van der Waals surface area contributed by atoms with Gasteiger partial charge in [-0.2, -0.15) is 0 Å². The van der Waals surface area contributed by atoms with Crippen LogP contribution in [0.25, 0.3) is 33.4 Å². The number of hydrogen-bond acceptors (Lipinski definition) is 6. The fourth-order valence-corrected chi connectivity index (χ4v) is 16.0. The number of rotatable bonds is 17. The smallest absolute Gasteiger partial charge is 0.127 e. The number of fused-ring (bicyclic) bond motifs is 8. The van der Waals surface area contributed by atoms with E-state index in [2.05, 4.69) is 337 Å². The van der Waals surface area contributed by atoms with E-state index in [9.17, 15) is 0 Å². The zero-order valence-electron chi connectivity index (χ0n) is 54.5. The Morgan fingerprint density at radius 2 is 0.541 bits per heavy atom.